The van der Waals surface area contributed by atoms with Gasteiger partial charge in [0.25, 0.3) is 0 Å². The molecule has 0 bridgehead atoms. The Morgan fingerprint density at radius 3 is 2.53 bits per heavy atom. The summed E-state index contributed by atoms with van der Waals surface area (Å²) in [6.07, 6.45) is 2.78. The molecule has 1 atom stereocenters. The molecule has 0 radical (unpaired) electrons. The maximum atomic E-state index is 11.5. The quantitative estimate of drug-likeness (QED) is 0.539. The molecule has 17 heavy (non-hydrogen) atoms. The lowest BCUT2D eigenvalue weighted by molar-refractivity contribution is -0.886. The van der Waals surface area contributed by atoms with E-state index in [0.29, 0.717) is 6.54 Å². The Bertz CT molecular complexity index is 262. The van der Waals surface area contributed by atoms with Gasteiger partial charge in [-0.3, -0.25) is 4.79 Å². The van der Waals surface area contributed by atoms with Crippen molar-refractivity contribution in [1.82, 2.24) is 5.32 Å². The lowest BCUT2D eigenvalue weighted by Gasteiger charge is -2.14. The molecule has 5 heteroatoms. The van der Waals surface area contributed by atoms with Gasteiger partial charge < -0.3 is 20.1 Å². The van der Waals surface area contributed by atoms with Gasteiger partial charge in [-0.25, -0.2) is 0 Å². The first-order valence-corrected chi connectivity index (χ1v) is 6.38. The number of likely N-dealkylation sites (tertiary alicyclic amines) is 1. The summed E-state index contributed by atoms with van der Waals surface area (Å²) < 4.78 is 0. The summed E-state index contributed by atoms with van der Waals surface area (Å²) in [7, 11) is 0. The molecule has 1 aliphatic rings. The third kappa shape index (κ3) is 6.26. The Labute approximate surface area is 102 Å². The van der Waals surface area contributed by atoms with Crippen LogP contribution in [-0.2, 0) is 9.59 Å². The summed E-state index contributed by atoms with van der Waals surface area (Å²) in [6.45, 7) is 5.82. The van der Waals surface area contributed by atoms with Crippen molar-refractivity contribution < 1.29 is 19.6 Å². The van der Waals surface area contributed by atoms with E-state index in [-0.39, 0.29) is 24.7 Å². The van der Waals surface area contributed by atoms with E-state index < -0.39 is 5.97 Å². The highest BCUT2D eigenvalue weighted by atomic mass is 16.4. The maximum absolute atomic E-state index is 11.5. The summed E-state index contributed by atoms with van der Waals surface area (Å²) >= 11 is 0. The molecular weight excluding hydrogens is 220 g/mol. The second kappa shape index (κ2) is 7.27. The van der Waals surface area contributed by atoms with Crippen LogP contribution < -0.4 is 15.3 Å². The molecular formula is C12H22N2O3. The van der Waals surface area contributed by atoms with E-state index in [1.807, 2.05) is 0 Å². The number of aliphatic carboxylic acids is 1. The second-order valence-electron chi connectivity index (χ2n) is 4.94. The van der Waals surface area contributed by atoms with Crippen molar-refractivity contribution in [2.45, 2.75) is 32.6 Å². The Kier molecular flexibility index (Phi) is 5.97. The minimum absolute atomic E-state index is 0.0508. The summed E-state index contributed by atoms with van der Waals surface area (Å²) in [5.41, 5.74) is 0. The highest BCUT2D eigenvalue weighted by molar-refractivity contribution is 5.76. The molecule has 0 saturated carbocycles. The molecule has 0 aromatic heterocycles. The van der Waals surface area contributed by atoms with Gasteiger partial charge in [0.05, 0.1) is 26.2 Å². The molecule has 0 aliphatic carbocycles. The van der Waals surface area contributed by atoms with Crippen molar-refractivity contribution >= 4 is 11.9 Å². The molecule has 1 fully saturated rings. The highest BCUT2D eigenvalue weighted by Gasteiger charge is 2.15. The molecule has 1 aliphatic heterocycles. The Morgan fingerprint density at radius 1 is 1.29 bits per heavy atom. The van der Waals surface area contributed by atoms with Crippen molar-refractivity contribution in [3.8, 4) is 0 Å². The standard InChI is InChI=1S/C12H22N2O3/c1-10(9-12(16)17)8-11(15)13-4-7-14-5-2-3-6-14/h10H,2-9H2,1H3,(H,13,15)(H,16,17)/t10-/m1/s1. The molecule has 0 aromatic carbocycles. The molecule has 1 saturated heterocycles. The van der Waals surface area contributed by atoms with Crippen LogP contribution in [0.25, 0.3) is 0 Å². The number of hydrogen-bond donors (Lipinski definition) is 2. The smallest absolute Gasteiger partial charge is 0.220 e. The molecule has 0 spiro atoms. The molecule has 1 heterocycles. The Morgan fingerprint density at radius 2 is 1.94 bits per heavy atom. The number of hydrogen-bond acceptors (Lipinski definition) is 3. The molecule has 1 amide bonds. The van der Waals surface area contributed by atoms with Crippen LogP contribution in [0.5, 0.6) is 0 Å². The topological polar surface area (TPSA) is 73.7 Å². The zero-order chi connectivity index (χ0) is 12.7. The minimum atomic E-state index is -1.09. The van der Waals surface area contributed by atoms with E-state index in [0.717, 1.165) is 6.54 Å². The third-order valence-corrected chi connectivity index (χ3v) is 3.16. The Hall–Kier alpha value is -1.10. The molecule has 2 N–H and O–H groups in total. The van der Waals surface area contributed by atoms with Gasteiger partial charge in [0, 0.05) is 25.2 Å². The summed E-state index contributed by atoms with van der Waals surface area (Å²) in [6, 6.07) is 0. The van der Waals surface area contributed by atoms with E-state index in [9.17, 15) is 14.7 Å². The number of carboxylic acid groups (broad SMARTS) is 1. The molecule has 98 valence electrons. The van der Waals surface area contributed by atoms with Crippen molar-refractivity contribution in [3.63, 3.8) is 0 Å². The van der Waals surface area contributed by atoms with Gasteiger partial charge in [-0.2, -0.15) is 0 Å². The number of carboxylic acids is 1. The summed E-state index contributed by atoms with van der Waals surface area (Å²) in [5.74, 6) is -1.30. The van der Waals surface area contributed by atoms with Crippen molar-refractivity contribution in [2.24, 2.45) is 5.92 Å². The summed E-state index contributed by atoms with van der Waals surface area (Å²) in [5, 5.41) is 13.2. The zero-order valence-electron chi connectivity index (χ0n) is 10.5. The van der Waals surface area contributed by atoms with Crippen molar-refractivity contribution in [3.05, 3.63) is 0 Å². The molecule has 0 aromatic rings. The monoisotopic (exact) mass is 242 g/mol. The van der Waals surface area contributed by atoms with E-state index in [1.54, 1.807) is 11.8 Å². The first-order chi connectivity index (χ1) is 8.08. The van der Waals surface area contributed by atoms with Gasteiger partial charge in [-0.05, 0) is 12.3 Å². The number of carbonyl (C=O) groups is 2. The average molecular weight is 242 g/mol. The van der Waals surface area contributed by atoms with E-state index in [2.05, 4.69) is 5.32 Å². The van der Waals surface area contributed by atoms with E-state index >= 15 is 0 Å². The van der Waals surface area contributed by atoms with Crippen LogP contribution in [0.4, 0.5) is 0 Å². The largest absolute Gasteiger partial charge is 0.550 e. The van der Waals surface area contributed by atoms with Crippen molar-refractivity contribution in [1.29, 1.82) is 0 Å². The Balaban J connectivity index is 2.05. The van der Waals surface area contributed by atoms with Crippen LogP contribution >= 0.6 is 0 Å². The normalized spacial score (nSPS) is 17.9. The maximum Gasteiger partial charge on any atom is 0.220 e. The van der Waals surface area contributed by atoms with Crippen molar-refractivity contribution in [2.75, 3.05) is 26.2 Å². The molecule has 5 nitrogen and oxygen atoms in total. The van der Waals surface area contributed by atoms with Gasteiger partial charge in [0.2, 0.25) is 5.91 Å². The minimum Gasteiger partial charge on any atom is -0.550 e. The van der Waals surface area contributed by atoms with E-state index in [4.69, 9.17) is 0 Å². The fraction of sp³-hybridized carbons (Fsp3) is 0.833. The molecule has 1 rings (SSSR count). The lowest BCUT2D eigenvalue weighted by atomic mass is 10.0. The average Bonchev–Trinajstić information content (AvgIpc) is 2.68. The number of carbonyl (C=O) groups excluding carboxylic acids is 2. The van der Waals surface area contributed by atoms with Crippen LogP contribution in [0.15, 0.2) is 0 Å². The fourth-order valence-electron chi connectivity index (χ4n) is 2.25. The number of amides is 1. The summed E-state index contributed by atoms with van der Waals surface area (Å²) in [4.78, 5) is 23.4. The van der Waals surface area contributed by atoms with E-state index in [1.165, 1.54) is 25.9 Å². The first kappa shape index (κ1) is 14.0. The number of rotatable bonds is 7. The molecule has 0 unspecified atom stereocenters. The lowest BCUT2D eigenvalue weighted by Crippen LogP contribution is -3.10. The predicted octanol–water partition coefficient (Wildman–Crippen LogP) is -2.05. The number of nitrogens with one attached hydrogen (secondary N) is 2. The van der Waals surface area contributed by atoms with Gasteiger partial charge in [-0.15, -0.1) is 0 Å². The van der Waals surface area contributed by atoms with Gasteiger partial charge in [0.15, 0.2) is 0 Å². The van der Waals surface area contributed by atoms with Crippen LogP contribution in [0.2, 0.25) is 0 Å². The zero-order valence-corrected chi connectivity index (χ0v) is 10.5. The van der Waals surface area contributed by atoms with Gasteiger partial charge >= 0.3 is 0 Å². The first-order valence-electron chi connectivity index (χ1n) is 6.38. The van der Waals surface area contributed by atoms with Gasteiger partial charge in [-0.1, -0.05) is 6.92 Å². The van der Waals surface area contributed by atoms with Crippen LogP contribution in [0.1, 0.15) is 32.6 Å². The SMILES string of the molecule is C[C@@H](CC(=O)[O-])CC(=O)NCC[NH+]1CCCC1. The predicted molar refractivity (Wildman–Crippen MR) is 61.2 cm³/mol. The second-order valence-corrected chi connectivity index (χ2v) is 4.94. The fourth-order valence-corrected chi connectivity index (χ4v) is 2.25. The number of quaternary nitrogens is 1. The van der Waals surface area contributed by atoms with Crippen LogP contribution in [0, 0.1) is 5.92 Å². The van der Waals surface area contributed by atoms with Gasteiger partial charge in [0.1, 0.15) is 0 Å². The highest BCUT2D eigenvalue weighted by Crippen LogP contribution is 2.05. The van der Waals surface area contributed by atoms with Crippen LogP contribution in [0.3, 0.4) is 0 Å². The third-order valence-electron chi connectivity index (χ3n) is 3.16. The van der Waals surface area contributed by atoms with Crippen LogP contribution in [-0.4, -0.2) is 38.1 Å².